The number of nitrogens with one attached hydrogen (secondary N) is 1. The van der Waals surface area contributed by atoms with Crippen molar-refractivity contribution in [2.75, 3.05) is 25.0 Å². The molecule has 2 heterocycles. The van der Waals surface area contributed by atoms with Gasteiger partial charge in [-0.1, -0.05) is 0 Å². The minimum absolute atomic E-state index is 0.0385. The van der Waals surface area contributed by atoms with Crippen molar-refractivity contribution in [3.05, 3.63) is 24.3 Å². The number of likely N-dealkylation sites (tertiary alicyclic amines) is 1. The van der Waals surface area contributed by atoms with E-state index < -0.39 is 21.9 Å². The summed E-state index contributed by atoms with van der Waals surface area (Å²) in [5.41, 5.74) is 0.503. The molecule has 146 valence electrons. The largest absolute Gasteiger partial charge is 0.481 e. The number of aliphatic carboxylic acids is 1. The molecule has 2 N–H and O–H groups in total. The number of carbonyl (C=O) groups is 3. The van der Waals surface area contributed by atoms with Crippen molar-refractivity contribution in [2.45, 2.75) is 30.7 Å². The number of hydrogen-bond donors (Lipinski definition) is 2. The van der Waals surface area contributed by atoms with Gasteiger partial charge in [-0.2, -0.15) is 4.31 Å². The summed E-state index contributed by atoms with van der Waals surface area (Å²) in [5, 5.41) is 11.7. The highest BCUT2D eigenvalue weighted by atomic mass is 32.2. The van der Waals surface area contributed by atoms with Gasteiger partial charge in [0.1, 0.15) is 0 Å². The van der Waals surface area contributed by atoms with Crippen molar-refractivity contribution in [3.63, 3.8) is 0 Å². The van der Waals surface area contributed by atoms with Crippen LogP contribution in [0.15, 0.2) is 29.2 Å². The van der Waals surface area contributed by atoms with Crippen molar-refractivity contribution in [3.8, 4) is 0 Å². The number of carbonyl (C=O) groups excluding carboxylic acids is 2. The number of hydrogen-bond acceptors (Lipinski definition) is 5. The summed E-state index contributed by atoms with van der Waals surface area (Å²) in [6.07, 6.45) is 0.435. The Balaban J connectivity index is 1.69. The molecular weight excluding hydrogens is 374 g/mol. The van der Waals surface area contributed by atoms with E-state index in [0.29, 0.717) is 12.1 Å². The minimum atomic E-state index is -3.73. The van der Waals surface area contributed by atoms with E-state index in [-0.39, 0.29) is 48.8 Å². The zero-order chi connectivity index (χ0) is 19.8. The lowest BCUT2D eigenvalue weighted by atomic mass is 10.1. The van der Waals surface area contributed by atoms with Crippen LogP contribution in [-0.4, -0.2) is 66.2 Å². The molecule has 27 heavy (non-hydrogen) atoms. The molecule has 0 radical (unpaired) electrons. The monoisotopic (exact) mass is 395 g/mol. The Bertz CT molecular complexity index is 867. The number of amides is 2. The first-order valence-electron chi connectivity index (χ1n) is 8.58. The van der Waals surface area contributed by atoms with E-state index in [9.17, 15) is 22.8 Å². The highest BCUT2D eigenvalue weighted by Crippen LogP contribution is 2.28. The van der Waals surface area contributed by atoms with Crippen LogP contribution < -0.4 is 5.32 Å². The Kier molecular flexibility index (Phi) is 5.20. The number of benzene rings is 1. The van der Waals surface area contributed by atoms with Crippen LogP contribution in [0.5, 0.6) is 0 Å². The first-order valence-corrected chi connectivity index (χ1v) is 10.0. The zero-order valence-electron chi connectivity index (χ0n) is 14.8. The van der Waals surface area contributed by atoms with Gasteiger partial charge in [0.15, 0.2) is 0 Å². The van der Waals surface area contributed by atoms with Gasteiger partial charge in [-0.05, 0) is 30.7 Å². The van der Waals surface area contributed by atoms with Gasteiger partial charge >= 0.3 is 5.97 Å². The maximum absolute atomic E-state index is 12.8. The molecule has 2 fully saturated rings. The van der Waals surface area contributed by atoms with Crippen LogP contribution in [-0.2, 0) is 24.4 Å². The molecule has 0 aliphatic carbocycles. The summed E-state index contributed by atoms with van der Waals surface area (Å²) in [6, 6.07) is 5.58. The second-order valence-corrected chi connectivity index (χ2v) is 8.73. The highest BCUT2D eigenvalue weighted by Gasteiger charge is 2.42. The molecule has 1 aromatic carbocycles. The number of carboxylic acid groups (broad SMARTS) is 1. The minimum Gasteiger partial charge on any atom is -0.481 e. The van der Waals surface area contributed by atoms with Gasteiger partial charge in [-0.3, -0.25) is 14.4 Å². The molecule has 0 saturated carbocycles. The summed E-state index contributed by atoms with van der Waals surface area (Å²) in [5.74, 6) is -2.23. The van der Waals surface area contributed by atoms with Crippen molar-refractivity contribution in [2.24, 2.45) is 5.92 Å². The van der Waals surface area contributed by atoms with Gasteiger partial charge in [-0.25, -0.2) is 8.42 Å². The van der Waals surface area contributed by atoms with E-state index >= 15 is 0 Å². The standard InChI is InChI=1S/C17H21N3O6S/c1-11(21)18-13-2-4-15(5-3-13)27(25,26)19-7-6-14(10-19)20-9-12(17(23)24)8-16(20)22/h2-5,12,14H,6-10H2,1H3,(H,18,21)(H,23,24). The summed E-state index contributed by atoms with van der Waals surface area (Å²) in [4.78, 5) is 35.8. The second-order valence-electron chi connectivity index (χ2n) is 6.80. The quantitative estimate of drug-likeness (QED) is 0.741. The SMILES string of the molecule is CC(=O)Nc1ccc(S(=O)(=O)N2CCC(N3CC(C(=O)O)CC3=O)C2)cc1. The number of sulfonamides is 1. The van der Waals surface area contributed by atoms with Crippen LogP contribution in [0, 0.1) is 5.92 Å². The Morgan fingerprint density at radius 3 is 2.41 bits per heavy atom. The molecule has 10 heteroatoms. The maximum Gasteiger partial charge on any atom is 0.308 e. The molecule has 2 aliphatic heterocycles. The Morgan fingerprint density at radius 1 is 1.19 bits per heavy atom. The molecule has 9 nitrogen and oxygen atoms in total. The van der Waals surface area contributed by atoms with Crippen LogP contribution in [0.4, 0.5) is 5.69 Å². The molecule has 0 bridgehead atoms. The predicted molar refractivity (Wildman–Crippen MR) is 95.4 cm³/mol. The summed E-state index contributed by atoms with van der Waals surface area (Å²) < 4.78 is 27.0. The summed E-state index contributed by atoms with van der Waals surface area (Å²) in [6.45, 7) is 1.90. The van der Waals surface area contributed by atoms with Crippen LogP contribution in [0.3, 0.4) is 0 Å². The summed E-state index contributed by atoms with van der Waals surface area (Å²) in [7, 11) is -3.73. The third-order valence-electron chi connectivity index (χ3n) is 4.89. The average Bonchev–Trinajstić information content (AvgIpc) is 3.21. The van der Waals surface area contributed by atoms with Crippen molar-refractivity contribution < 1.29 is 27.9 Å². The Hall–Kier alpha value is -2.46. The topological polar surface area (TPSA) is 124 Å². The third kappa shape index (κ3) is 3.96. The summed E-state index contributed by atoms with van der Waals surface area (Å²) >= 11 is 0. The maximum atomic E-state index is 12.8. The molecular formula is C17H21N3O6S. The molecule has 2 aliphatic rings. The molecule has 2 amide bonds. The van der Waals surface area contributed by atoms with E-state index in [1.165, 1.54) is 40.4 Å². The fourth-order valence-corrected chi connectivity index (χ4v) is 4.99. The molecule has 0 aromatic heterocycles. The van der Waals surface area contributed by atoms with Crippen molar-refractivity contribution in [1.82, 2.24) is 9.21 Å². The number of anilines is 1. The first kappa shape index (κ1) is 19.3. The first-order chi connectivity index (χ1) is 12.7. The lowest BCUT2D eigenvalue weighted by Crippen LogP contribution is -2.40. The van der Waals surface area contributed by atoms with Crippen LogP contribution in [0.2, 0.25) is 0 Å². The van der Waals surface area contributed by atoms with Crippen LogP contribution in [0.25, 0.3) is 0 Å². The van der Waals surface area contributed by atoms with E-state index in [4.69, 9.17) is 5.11 Å². The molecule has 2 atom stereocenters. The van der Waals surface area contributed by atoms with Crippen LogP contribution >= 0.6 is 0 Å². The average molecular weight is 395 g/mol. The molecule has 0 spiro atoms. The van der Waals surface area contributed by atoms with Gasteiger partial charge in [0.2, 0.25) is 21.8 Å². The van der Waals surface area contributed by atoms with Gasteiger partial charge in [-0.15, -0.1) is 0 Å². The molecule has 3 rings (SSSR count). The highest BCUT2D eigenvalue weighted by molar-refractivity contribution is 7.89. The number of carboxylic acids is 1. The van der Waals surface area contributed by atoms with Crippen molar-refractivity contribution >= 4 is 33.5 Å². The van der Waals surface area contributed by atoms with E-state index in [1.54, 1.807) is 0 Å². The lowest BCUT2D eigenvalue weighted by Gasteiger charge is -2.24. The normalized spacial score (nSPS) is 23.6. The molecule has 1 aromatic rings. The molecule has 2 saturated heterocycles. The van der Waals surface area contributed by atoms with Gasteiger partial charge in [0, 0.05) is 44.7 Å². The number of rotatable bonds is 5. The molecule has 2 unspecified atom stereocenters. The second kappa shape index (κ2) is 7.28. The van der Waals surface area contributed by atoms with Gasteiger partial charge in [0.25, 0.3) is 0 Å². The van der Waals surface area contributed by atoms with Gasteiger partial charge < -0.3 is 15.3 Å². The number of nitrogens with zero attached hydrogens (tertiary/aromatic N) is 2. The van der Waals surface area contributed by atoms with Gasteiger partial charge in [0.05, 0.1) is 10.8 Å². The third-order valence-corrected chi connectivity index (χ3v) is 6.77. The smallest absolute Gasteiger partial charge is 0.308 e. The zero-order valence-corrected chi connectivity index (χ0v) is 15.6. The van der Waals surface area contributed by atoms with Crippen LogP contribution in [0.1, 0.15) is 19.8 Å². The Morgan fingerprint density at radius 2 is 1.85 bits per heavy atom. The van der Waals surface area contributed by atoms with E-state index in [1.807, 2.05) is 0 Å². The van der Waals surface area contributed by atoms with Crippen molar-refractivity contribution in [1.29, 1.82) is 0 Å². The fourth-order valence-electron chi connectivity index (χ4n) is 3.50. The fraction of sp³-hybridized carbons (Fsp3) is 0.471. The predicted octanol–water partition coefficient (Wildman–Crippen LogP) is 0.341. The lowest BCUT2D eigenvalue weighted by molar-refractivity contribution is -0.141. The Labute approximate surface area is 157 Å². The van der Waals surface area contributed by atoms with E-state index in [2.05, 4.69) is 5.32 Å². The van der Waals surface area contributed by atoms with E-state index in [0.717, 1.165) is 0 Å².